The van der Waals surface area contributed by atoms with E-state index in [-0.39, 0.29) is 24.3 Å². The van der Waals surface area contributed by atoms with Gasteiger partial charge >= 0.3 is 11.9 Å². The largest absolute Gasteiger partial charge is 0.508 e. The monoisotopic (exact) mass is 470 g/mol. The molecule has 1 aromatic rings. The quantitative estimate of drug-likeness (QED) is 0.153. The molecule has 0 aliphatic heterocycles. The van der Waals surface area contributed by atoms with Gasteiger partial charge in [0.05, 0.1) is 6.04 Å². The predicted octanol–water partition coefficient (Wildman–Crippen LogP) is -1.77. The Balaban J connectivity index is 3.03. The lowest BCUT2D eigenvalue weighted by Gasteiger charge is -2.23. The molecule has 0 fully saturated rings. The van der Waals surface area contributed by atoms with Gasteiger partial charge < -0.3 is 37.0 Å². The highest BCUT2D eigenvalue weighted by atomic mass is 32.1. The topological polar surface area (TPSA) is 208 Å². The fourth-order valence-corrected chi connectivity index (χ4v) is 2.70. The van der Waals surface area contributed by atoms with Crippen LogP contribution in [-0.2, 0) is 30.4 Å². The molecule has 0 spiro atoms. The Hall–Kier alpha value is -3.32. The van der Waals surface area contributed by atoms with Crippen molar-refractivity contribution in [3.05, 3.63) is 29.8 Å². The summed E-state index contributed by atoms with van der Waals surface area (Å²) >= 11 is 3.90. The number of hydrogen-bond donors (Lipinski definition) is 8. The summed E-state index contributed by atoms with van der Waals surface area (Å²) in [5.74, 6) is -4.89. The molecule has 176 valence electrons. The van der Waals surface area contributed by atoms with Crippen LogP contribution in [0.2, 0.25) is 0 Å². The van der Waals surface area contributed by atoms with Crippen molar-refractivity contribution in [1.29, 1.82) is 0 Å². The number of thiol groups is 1. The van der Waals surface area contributed by atoms with Gasteiger partial charge in [0.25, 0.3) is 0 Å². The first-order valence-electron chi connectivity index (χ1n) is 9.49. The van der Waals surface area contributed by atoms with Crippen LogP contribution in [0, 0.1) is 0 Å². The van der Waals surface area contributed by atoms with E-state index in [0.29, 0.717) is 5.56 Å². The molecule has 0 heterocycles. The number of amides is 3. The van der Waals surface area contributed by atoms with Crippen LogP contribution in [0.15, 0.2) is 24.3 Å². The molecule has 32 heavy (non-hydrogen) atoms. The maximum Gasteiger partial charge on any atom is 0.322 e. The van der Waals surface area contributed by atoms with E-state index in [1.165, 1.54) is 24.3 Å². The van der Waals surface area contributed by atoms with Crippen molar-refractivity contribution in [2.45, 2.75) is 37.4 Å². The lowest BCUT2D eigenvalue weighted by Crippen LogP contribution is -2.56. The number of rotatable bonds is 13. The highest BCUT2D eigenvalue weighted by Gasteiger charge is 2.28. The van der Waals surface area contributed by atoms with Gasteiger partial charge in [-0.3, -0.25) is 24.0 Å². The molecule has 1 rings (SSSR count). The number of phenols is 1. The van der Waals surface area contributed by atoms with E-state index in [2.05, 4.69) is 28.6 Å². The fourth-order valence-electron chi connectivity index (χ4n) is 2.53. The standard InChI is InChI=1S/C19H26N4O8S/c20-12(9-32)17(29)22-13(5-6-15(25)26)19(31)23-14(18(30)21-8-16(27)28)7-10-1-3-11(24)4-2-10/h1-4,12-14,24,32H,5-9,20H2,(H,21,30)(H,22,29)(H,23,31)(H,25,26)(H,27,28). The molecule has 8 N–H and O–H groups in total. The van der Waals surface area contributed by atoms with Gasteiger partial charge in [-0.15, -0.1) is 0 Å². The molecule has 0 aliphatic rings. The maximum absolute atomic E-state index is 12.8. The number of carbonyl (C=O) groups is 5. The number of hydrogen-bond acceptors (Lipinski definition) is 8. The van der Waals surface area contributed by atoms with E-state index < -0.39 is 60.8 Å². The van der Waals surface area contributed by atoms with E-state index in [1.54, 1.807) is 0 Å². The number of aromatic hydroxyl groups is 1. The molecule has 13 heteroatoms. The van der Waals surface area contributed by atoms with E-state index in [9.17, 15) is 29.1 Å². The van der Waals surface area contributed by atoms with Gasteiger partial charge in [0.15, 0.2) is 0 Å². The van der Waals surface area contributed by atoms with Crippen LogP contribution >= 0.6 is 12.6 Å². The second-order valence-corrected chi connectivity index (χ2v) is 7.19. The molecule has 0 aromatic heterocycles. The Kier molecular flexibility index (Phi) is 11.0. The average Bonchev–Trinajstić information content (AvgIpc) is 2.74. The lowest BCUT2D eigenvalue weighted by molar-refractivity contribution is -0.138. The van der Waals surface area contributed by atoms with Crippen LogP contribution in [0.4, 0.5) is 0 Å². The number of carboxylic acid groups (broad SMARTS) is 2. The fraction of sp³-hybridized carbons (Fsp3) is 0.421. The molecule has 1 aromatic carbocycles. The first kappa shape index (κ1) is 26.7. The average molecular weight is 471 g/mol. The molecule has 0 bridgehead atoms. The third kappa shape index (κ3) is 9.66. The summed E-state index contributed by atoms with van der Waals surface area (Å²) in [6.07, 6.45) is -0.773. The number of benzene rings is 1. The van der Waals surface area contributed by atoms with E-state index >= 15 is 0 Å². The van der Waals surface area contributed by atoms with Gasteiger partial charge in [-0.05, 0) is 24.1 Å². The maximum atomic E-state index is 12.8. The van der Waals surface area contributed by atoms with Crippen molar-refractivity contribution in [1.82, 2.24) is 16.0 Å². The van der Waals surface area contributed by atoms with E-state index in [4.69, 9.17) is 15.9 Å². The summed E-state index contributed by atoms with van der Waals surface area (Å²) in [5, 5.41) is 34.0. The smallest absolute Gasteiger partial charge is 0.322 e. The minimum absolute atomic E-state index is 0.0124. The normalized spacial score (nSPS) is 13.3. The summed E-state index contributed by atoms with van der Waals surface area (Å²) in [5.41, 5.74) is 6.12. The zero-order chi connectivity index (χ0) is 24.3. The van der Waals surface area contributed by atoms with Crippen LogP contribution in [0.3, 0.4) is 0 Å². The molecule has 0 saturated heterocycles. The molecule has 0 radical (unpaired) electrons. The molecule has 3 amide bonds. The zero-order valence-electron chi connectivity index (χ0n) is 17.0. The molecule has 0 saturated carbocycles. The van der Waals surface area contributed by atoms with Crippen LogP contribution in [-0.4, -0.2) is 75.4 Å². The van der Waals surface area contributed by atoms with E-state index in [0.717, 1.165) is 0 Å². The first-order chi connectivity index (χ1) is 15.0. The van der Waals surface area contributed by atoms with Crippen molar-refractivity contribution >= 4 is 42.3 Å². The van der Waals surface area contributed by atoms with Gasteiger partial charge in [-0.1, -0.05) is 12.1 Å². The first-order valence-corrected chi connectivity index (χ1v) is 10.1. The van der Waals surface area contributed by atoms with Gasteiger partial charge in [0, 0.05) is 18.6 Å². The number of aliphatic carboxylic acids is 2. The van der Waals surface area contributed by atoms with Crippen LogP contribution in [0.5, 0.6) is 5.75 Å². The van der Waals surface area contributed by atoms with Gasteiger partial charge in [-0.2, -0.15) is 12.6 Å². The number of phenolic OH excluding ortho intramolecular Hbond substituents is 1. The molecular formula is C19H26N4O8S. The van der Waals surface area contributed by atoms with Crippen molar-refractivity contribution in [2.75, 3.05) is 12.3 Å². The minimum atomic E-state index is -1.31. The highest BCUT2D eigenvalue weighted by Crippen LogP contribution is 2.12. The zero-order valence-corrected chi connectivity index (χ0v) is 17.9. The molecule has 3 atom stereocenters. The Morgan fingerprint density at radius 3 is 2.03 bits per heavy atom. The second-order valence-electron chi connectivity index (χ2n) is 6.83. The summed E-state index contributed by atoms with van der Waals surface area (Å²) in [4.78, 5) is 59.0. The summed E-state index contributed by atoms with van der Waals surface area (Å²) in [6, 6.07) is 2.18. The highest BCUT2D eigenvalue weighted by molar-refractivity contribution is 7.80. The SMILES string of the molecule is NC(CS)C(=O)NC(CCC(=O)O)C(=O)NC(Cc1ccc(O)cc1)C(=O)NCC(=O)O. The molecule has 3 unspecified atom stereocenters. The Bertz CT molecular complexity index is 833. The predicted molar refractivity (Wildman–Crippen MR) is 115 cm³/mol. The lowest BCUT2D eigenvalue weighted by atomic mass is 10.0. The van der Waals surface area contributed by atoms with Crippen LogP contribution < -0.4 is 21.7 Å². The van der Waals surface area contributed by atoms with Crippen molar-refractivity contribution in [3.63, 3.8) is 0 Å². The Morgan fingerprint density at radius 1 is 0.906 bits per heavy atom. The Labute approximate surface area is 189 Å². The summed E-state index contributed by atoms with van der Waals surface area (Å²) in [6.45, 7) is -0.684. The van der Waals surface area contributed by atoms with Gasteiger partial charge in [0.2, 0.25) is 17.7 Å². The number of nitrogens with one attached hydrogen (secondary N) is 3. The van der Waals surface area contributed by atoms with Crippen LogP contribution in [0.25, 0.3) is 0 Å². The van der Waals surface area contributed by atoms with Crippen LogP contribution in [0.1, 0.15) is 18.4 Å². The van der Waals surface area contributed by atoms with E-state index in [1.807, 2.05) is 0 Å². The molecule has 0 aliphatic carbocycles. The van der Waals surface area contributed by atoms with Crippen molar-refractivity contribution in [3.8, 4) is 5.75 Å². The van der Waals surface area contributed by atoms with Crippen molar-refractivity contribution in [2.24, 2.45) is 5.73 Å². The number of carbonyl (C=O) groups excluding carboxylic acids is 3. The molecule has 12 nitrogen and oxygen atoms in total. The second kappa shape index (κ2) is 13.2. The van der Waals surface area contributed by atoms with Gasteiger partial charge in [-0.25, -0.2) is 0 Å². The minimum Gasteiger partial charge on any atom is -0.508 e. The summed E-state index contributed by atoms with van der Waals surface area (Å²) < 4.78 is 0. The van der Waals surface area contributed by atoms with Gasteiger partial charge in [0.1, 0.15) is 24.4 Å². The number of carboxylic acids is 2. The van der Waals surface area contributed by atoms with Crippen molar-refractivity contribution < 1.29 is 39.3 Å². The number of nitrogens with two attached hydrogens (primary N) is 1. The third-order valence-corrected chi connectivity index (χ3v) is 4.63. The third-order valence-electron chi connectivity index (χ3n) is 4.24. The summed E-state index contributed by atoms with van der Waals surface area (Å²) in [7, 11) is 0. The molecular weight excluding hydrogens is 444 g/mol. The Morgan fingerprint density at radius 2 is 1.50 bits per heavy atom.